The van der Waals surface area contributed by atoms with E-state index in [1.807, 2.05) is 60.7 Å². The van der Waals surface area contributed by atoms with Crippen LogP contribution in [-0.2, 0) is 14.2 Å². The van der Waals surface area contributed by atoms with E-state index in [0.29, 0.717) is 6.61 Å². The van der Waals surface area contributed by atoms with Gasteiger partial charge >= 0.3 is 0 Å². The Labute approximate surface area is 150 Å². The van der Waals surface area contributed by atoms with Gasteiger partial charge in [-0.25, -0.2) is 0 Å². The smallest absolute Gasteiger partial charge is 0.184 e. The Morgan fingerprint density at radius 3 is 2.24 bits per heavy atom. The van der Waals surface area contributed by atoms with Gasteiger partial charge in [-0.2, -0.15) is 0 Å². The molecule has 2 aromatic rings. The molecule has 0 bridgehead atoms. The molecule has 0 spiro atoms. The van der Waals surface area contributed by atoms with E-state index in [4.69, 9.17) is 14.2 Å². The first-order chi connectivity index (χ1) is 12.2. The molecule has 132 valence electrons. The Hall–Kier alpha value is -1.41. The number of benzene rings is 2. The molecular formula is C19H20O5S. The first kappa shape index (κ1) is 17.0. The van der Waals surface area contributed by atoms with Crippen LogP contribution in [0.4, 0.5) is 0 Å². The Bertz CT molecular complexity index is 681. The summed E-state index contributed by atoms with van der Waals surface area (Å²) in [6.45, 7) is 0.305. The van der Waals surface area contributed by atoms with Gasteiger partial charge in [-0.3, -0.25) is 0 Å². The van der Waals surface area contributed by atoms with Gasteiger partial charge in [0.05, 0.1) is 6.61 Å². The monoisotopic (exact) mass is 360 g/mol. The van der Waals surface area contributed by atoms with Crippen molar-refractivity contribution in [3.8, 4) is 0 Å². The largest absolute Gasteiger partial charge is 0.387 e. The van der Waals surface area contributed by atoms with Crippen LogP contribution in [0.3, 0.4) is 0 Å². The molecule has 6 atom stereocenters. The third-order valence-corrected chi connectivity index (χ3v) is 5.57. The van der Waals surface area contributed by atoms with Crippen LogP contribution >= 0.6 is 11.8 Å². The van der Waals surface area contributed by atoms with Crippen molar-refractivity contribution in [2.45, 2.75) is 41.0 Å². The summed E-state index contributed by atoms with van der Waals surface area (Å²) in [6.07, 6.45) is -3.68. The minimum absolute atomic E-state index is 0.305. The van der Waals surface area contributed by atoms with Gasteiger partial charge in [0.25, 0.3) is 0 Å². The van der Waals surface area contributed by atoms with Crippen LogP contribution in [0.5, 0.6) is 0 Å². The molecule has 0 amide bonds. The molecule has 2 aromatic carbocycles. The van der Waals surface area contributed by atoms with Gasteiger partial charge in [0.15, 0.2) is 6.29 Å². The summed E-state index contributed by atoms with van der Waals surface area (Å²) >= 11 is 1.39. The summed E-state index contributed by atoms with van der Waals surface area (Å²) in [4.78, 5) is 0.969. The van der Waals surface area contributed by atoms with Gasteiger partial charge < -0.3 is 24.4 Å². The topological polar surface area (TPSA) is 68.2 Å². The summed E-state index contributed by atoms with van der Waals surface area (Å²) in [5.41, 5.74) is 0.308. The summed E-state index contributed by atoms with van der Waals surface area (Å²) in [7, 11) is 0. The lowest BCUT2D eigenvalue weighted by Crippen LogP contribution is -2.60. The van der Waals surface area contributed by atoms with Crippen LogP contribution in [0.1, 0.15) is 11.9 Å². The van der Waals surface area contributed by atoms with Crippen molar-refractivity contribution in [3.05, 3.63) is 66.2 Å². The van der Waals surface area contributed by atoms with Crippen molar-refractivity contribution in [1.82, 2.24) is 0 Å². The van der Waals surface area contributed by atoms with Gasteiger partial charge in [-0.15, -0.1) is 0 Å². The number of aliphatic hydroxyl groups excluding tert-OH is 2. The zero-order valence-electron chi connectivity index (χ0n) is 13.5. The van der Waals surface area contributed by atoms with Crippen LogP contribution in [0.25, 0.3) is 0 Å². The maximum Gasteiger partial charge on any atom is 0.184 e. The van der Waals surface area contributed by atoms with Gasteiger partial charge in [-0.1, -0.05) is 60.3 Å². The van der Waals surface area contributed by atoms with E-state index in [0.717, 1.165) is 10.5 Å². The number of hydrogen-bond acceptors (Lipinski definition) is 6. The molecule has 0 aromatic heterocycles. The Kier molecular flexibility index (Phi) is 5.08. The first-order valence-corrected chi connectivity index (χ1v) is 9.15. The predicted molar refractivity (Wildman–Crippen MR) is 93.0 cm³/mol. The van der Waals surface area contributed by atoms with Crippen LogP contribution in [0.2, 0.25) is 0 Å². The normalized spacial score (nSPS) is 35.1. The second-order valence-corrected chi connectivity index (χ2v) is 7.30. The minimum atomic E-state index is -1.04. The van der Waals surface area contributed by atoms with Gasteiger partial charge in [0.2, 0.25) is 0 Å². The molecule has 2 aliphatic rings. The molecule has 25 heavy (non-hydrogen) atoms. The summed E-state index contributed by atoms with van der Waals surface area (Å²) < 4.78 is 17.6. The highest BCUT2D eigenvalue weighted by atomic mass is 32.2. The number of hydrogen-bond donors (Lipinski definition) is 2. The van der Waals surface area contributed by atoms with Crippen molar-refractivity contribution in [2.24, 2.45) is 0 Å². The molecular weight excluding hydrogens is 340 g/mol. The Balaban J connectivity index is 1.46. The SMILES string of the molecule is O[C@@H]1[C@@H](O)[C@@H](Sc2ccccc2)O[C@@H]2CO[C@@H](c3ccccc3)O[C@@H]12. The lowest BCUT2D eigenvalue weighted by atomic mass is 9.99. The third kappa shape index (κ3) is 3.60. The first-order valence-electron chi connectivity index (χ1n) is 8.28. The van der Waals surface area contributed by atoms with Crippen LogP contribution in [-0.4, -0.2) is 46.7 Å². The highest BCUT2D eigenvalue weighted by molar-refractivity contribution is 7.99. The highest BCUT2D eigenvalue weighted by Crippen LogP contribution is 2.38. The summed E-state index contributed by atoms with van der Waals surface area (Å²) in [5, 5.41) is 21.0. The van der Waals surface area contributed by atoms with Crippen LogP contribution < -0.4 is 0 Å². The van der Waals surface area contributed by atoms with E-state index in [1.165, 1.54) is 11.8 Å². The molecule has 6 heteroatoms. The molecule has 5 nitrogen and oxygen atoms in total. The molecule has 2 heterocycles. The zero-order chi connectivity index (χ0) is 17.2. The molecule has 0 aliphatic carbocycles. The number of aliphatic hydroxyl groups is 2. The fourth-order valence-corrected chi connectivity index (χ4v) is 4.17. The molecule has 0 unspecified atom stereocenters. The predicted octanol–water partition coefficient (Wildman–Crippen LogP) is 2.34. The molecule has 2 aliphatic heterocycles. The molecule has 0 radical (unpaired) electrons. The van der Waals surface area contributed by atoms with E-state index < -0.39 is 36.1 Å². The Morgan fingerprint density at radius 1 is 0.840 bits per heavy atom. The molecule has 2 saturated heterocycles. The summed E-state index contributed by atoms with van der Waals surface area (Å²) in [6, 6.07) is 19.2. The fraction of sp³-hybridized carbons (Fsp3) is 0.368. The van der Waals surface area contributed by atoms with Crippen molar-refractivity contribution in [2.75, 3.05) is 6.61 Å². The van der Waals surface area contributed by atoms with Gasteiger partial charge in [0, 0.05) is 10.5 Å². The fourth-order valence-electron chi connectivity index (χ4n) is 3.09. The number of fused-ring (bicyclic) bond motifs is 1. The van der Waals surface area contributed by atoms with Gasteiger partial charge in [-0.05, 0) is 12.1 Å². The van der Waals surface area contributed by atoms with E-state index >= 15 is 0 Å². The van der Waals surface area contributed by atoms with E-state index in [1.54, 1.807) is 0 Å². The average molecular weight is 360 g/mol. The Morgan fingerprint density at radius 2 is 1.52 bits per heavy atom. The summed E-state index contributed by atoms with van der Waals surface area (Å²) in [5.74, 6) is 0. The second kappa shape index (κ2) is 7.45. The lowest BCUT2D eigenvalue weighted by Gasteiger charge is -2.46. The van der Waals surface area contributed by atoms with Crippen molar-refractivity contribution in [1.29, 1.82) is 0 Å². The standard InChI is InChI=1S/C19H20O5S/c20-15-16(21)19(25-13-9-5-2-6-10-13)23-14-11-22-18(24-17(14)15)12-7-3-1-4-8-12/h1-10,14-21H,11H2/t14-,15-,16-,17-,18-,19-/m1/s1. The van der Waals surface area contributed by atoms with E-state index in [2.05, 4.69) is 0 Å². The average Bonchev–Trinajstić information content (AvgIpc) is 2.67. The number of ether oxygens (including phenoxy) is 3. The van der Waals surface area contributed by atoms with E-state index in [9.17, 15) is 10.2 Å². The third-order valence-electron chi connectivity index (χ3n) is 4.40. The maximum absolute atomic E-state index is 10.6. The number of rotatable bonds is 3. The van der Waals surface area contributed by atoms with Crippen molar-refractivity contribution in [3.63, 3.8) is 0 Å². The molecule has 0 saturated carbocycles. The minimum Gasteiger partial charge on any atom is -0.387 e. The van der Waals surface area contributed by atoms with Crippen molar-refractivity contribution < 1.29 is 24.4 Å². The van der Waals surface area contributed by atoms with Crippen molar-refractivity contribution >= 4 is 11.8 Å². The maximum atomic E-state index is 10.6. The van der Waals surface area contributed by atoms with E-state index in [-0.39, 0.29) is 0 Å². The number of thioether (sulfide) groups is 1. The lowest BCUT2D eigenvalue weighted by molar-refractivity contribution is -0.318. The van der Waals surface area contributed by atoms with Crippen LogP contribution in [0.15, 0.2) is 65.6 Å². The molecule has 2 N–H and O–H groups in total. The van der Waals surface area contributed by atoms with Crippen LogP contribution in [0, 0.1) is 0 Å². The molecule has 4 rings (SSSR count). The second-order valence-electron chi connectivity index (χ2n) is 6.13. The molecule has 2 fully saturated rings. The van der Waals surface area contributed by atoms with Gasteiger partial charge in [0.1, 0.15) is 29.9 Å². The highest BCUT2D eigenvalue weighted by Gasteiger charge is 2.49. The zero-order valence-corrected chi connectivity index (χ0v) is 14.3. The quantitative estimate of drug-likeness (QED) is 0.876.